The van der Waals surface area contributed by atoms with Crippen LogP contribution in [0, 0.1) is 5.92 Å². The zero-order valence-electron chi connectivity index (χ0n) is 16.6. The number of carbonyl (C=O) groups excluding carboxylic acids is 1. The predicted octanol–water partition coefficient (Wildman–Crippen LogP) is 4.42. The molecule has 1 amide bonds. The van der Waals surface area contributed by atoms with Crippen LogP contribution in [0.15, 0.2) is 17.1 Å². The van der Waals surface area contributed by atoms with Gasteiger partial charge in [0.05, 0.1) is 6.67 Å². The number of amides is 1. The summed E-state index contributed by atoms with van der Waals surface area (Å²) in [6.45, 7) is 13.7. The highest BCUT2D eigenvalue weighted by molar-refractivity contribution is 5.94. The highest BCUT2D eigenvalue weighted by atomic mass is 16.2. The molecule has 0 saturated heterocycles. The van der Waals surface area contributed by atoms with Crippen molar-refractivity contribution in [3.05, 3.63) is 12.2 Å². The minimum atomic E-state index is 0.133. The zero-order valence-corrected chi connectivity index (χ0v) is 16.6. The Morgan fingerprint density at radius 2 is 1.96 bits per heavy atom. The first-order valence-corrected chi connectivity index (χ1v) is 9.79. The summed E-state index contributed by atoms with van der Waals surface area (Å²) in [5, 5.41) is 3.37. The molecule has 0 bridgehead atoms. The number of allylic oxidation sites excluding steroid dienone is 2. The topological polar surface area (TPSA) is 44.7 Å². The molecule has 1 unspecified atom stereocenters. The maximum atomic E-state index is 12.2. The van der Waals surface area contributed by atoms with Crippen LogP contribution in [0.25, 0.3) is 0 Å². The SMILES string of the molecule is CCC/C=C\C(CCC)=NCNCCCN(CC)C(=O)C(C)CC. The molecule has 0 aromatic carbocycles. The van der Waals surface area contributed by atoms with Crippen molar-refractivity contribution >= 4 is 11.6 Å². The van der Waals surface area contributed by atoms with Crippen LogP contribution in [0.5, 0.6) is 0 Å². The van der Waals surface area contributed by atoms with E-state index in [0.717, 1.165) is 51.7 Å². The number of rotatable bonds is 14. The average molecular weight is 338 g/mol. The van der Waals surface area contributed by atoms with Crippen molar-refractivity contribution in [1.29, 1.82) is 0 Å². The summed E-state index contributed by atoms with van der Waals surface area (Å²) in [7, 11) is 0. The van der Waals surface area contributed by atoms with E-state index in [1.54, 1.807) is 0 Å². The predicted molar refractivity (Wildman–Crippen MR) is 106 cm³/mol. The van der Waals surface area contributed by atoms with Gasteiger partial charge in [0.15, 0.2) is 0 Å². The van der Waals surface area contributed by atoms with Crippen LogP contribution in [0.4, 0.5) is 0 Å². The standard InChI is InChI=1S/C20H39N3O/c1-6-10-11-14-19(13-7-2)22-17-21-15-12-16-23(9-4)20(24)18(5)8-3/h11,14,18,21H,6-10,12-13,15-17H2,1-5H3/b14-11-,22-19?. The minimum Gasteiger partial charge on any atom is -0.343 e. The summed E-state index contributed by atoms with van der Waals surface area (Å²) < 4.78 is 0. The number of unbranched alkanes of at least 4 members (excludes halogenated alkanes) is 1. The van der Waals surface area contributed by atoms with Crippen LogP contribution < -0.4 is 5.32 Å². The Morgan fingerprint density at radius 3 is 2.54 bits per heavy atom. The largest absolute Gasteiger partial charge is 0.343 e. The minimum absolute atomic E-state index is 0.133. The summed E-state index contributed by atoms with van der Waals surface area (Å²) in [6.07, 6.45) is 10.7. The highest BCUT2D eigenvalue weighted by Crippen LogP contribution is 2.06. The smallest absolute Gasteiger partial charge is 0.225 e. The van der Waals surface area contributed by atoms with Gasteiger partial charge in [0, 0.05) is 24.7 Å². The Morgan fingerprint density at radius 1 is 1.21 bits per heavy atom. The molecule has 1 atom stereocenters. The van der Waals surface area contributed by atoms with E-state index in [2.05, 4.69) is 50.2 Å². The molecule has 0 heterocycles. The Hall–Kier alpha value is -1.16. The van der Waals surface area contributed by atoms with Crippen LogP contribution in [-0.4, -0.2) is 42.8 Å². The number of nitrogens with one attached hydrogen (secondary N) is 1. The Kier molecular flexibility index (Phi) is 14.6. The van der Waals surface area contributed by atoms with Crippen LogP contribution >= 0.6 is 0 Å². The van der Waals surface area contributed by atoms with Gasteiger partial charge in [0.2, 0.25) is 5.91 Å². The molecule has 0 aromatic heterocycles. The molecule has 0 fully saturated rings. The molecule has 0 aliphatic rings. The Bertz CT molecular complexity index is 377. The fraction of sp³-hybridized carbons (Fsp3) is 0.800. The zero-order chi connectivity index (χ0) is 18.2. The third kappa shape index (κ3) is 10.6. The third-order valence-corrected chi connectivity index (χ3v) is 4.17. The summed E-state index contributed by atoms with van der Waals surface area (Å²) in [5.74, 6) is 0.415. The quantitative estimate of drug-likeness (QED) is 0.377. The van der Waals surface area contributed by atoms with Crippen LogP contribution in [0.1, 0.15) is 73.1 Å². The second-order valence-electron chi connectivity index (χ2n) is 6.33. The molecule has 0 aromatic rings. The average Bonchev–Trinajstić information content (AvgIpc) is 2.60. The van der Waals surface area contributed by atoms with Crippen molar-refractivity contribution in [2.45, 2.75) is 73.1 Å². The molecule has 0 aliphatic heterocycles. The van der Waals surface area contributed by atoms with E-state index in [1.165, 1.54) is 12.1 Å². The van der Waals surface area contributed by atoms with Gasteiger partial charge in [-0.2, -0.15) is 0 Å². The second kappa shape index (κ2) is 15.4. The van der Waals surface area contributed by atoms with E-state index in [1.807, 2.05) is 11.8 Å². The summed E-state index contributed by atoms with van der Waals surface area (Å²) in [6, 6.07) is 0. The lowest BCUT2D eigenvalue weighted by Gasteiger charge is -2.24. The van der Waals surface area contributed by atoms with Gasteiger partial charge in [-0.15, -0.1) is 0 Å². The molecule has 140 valence electrons. The van der Waals surface area contributed by atoms with E-state index < -0.39 is 0 Å². The monoisotopic (exact) mass is 337 g/mol. The number of hydrogen-bond donors (Lipinski definition) is 1. The first-order chi connectivity index (χ1) is 11.6. The molecular formula is C20H39N3O. The number of hydrogen-bond acceptors (Lipinski definition) is 3. The van der Waals surface area contributed by atoms with Gasteiger partial charge >= 0.3 is 0 Å². The summed E-state index contributed by atoms with van der Waals surface area (Å²) in [4.78, 5) is 18.8. The number of carbonyl (C=O) groups is 1. The first kappa shape index (κ1) is 22.8. The van der Waals surface area contributed by atoms with Gasteiger partial charge in [0.1, 0.15) is 0 Å². The van der Waals surface area contributed by atoms with E-state index in [4.69, 9.17) is 0 Å². The molecule has 0 rings (SSSR count). The molecule has 4 heteroatoms. The van der Waals surface area contributed by atoms with E-state index in [0.29, 0.717) is 6.67 Å². The normalized spacial score (nSPS) is 13.5. The lowest BCUT2D eigenvalue weighted by molar-refractivity contribution is -0.134. The van der Waals surface area contributed by atoms with Crippen molar-refractivity contribution in [2.75, 3.05) is 26.3 Å². The fourth-order valence-electron chi connectivity index (χ4n) is 2.40. The third-order valence-electron chi connectivity index (χ3n) is 4.17. The Balaban J connectivity index is 4.09. The van der Waals surface area contributed by atoms with E-state index in [-0.39, 0.29) is 11.8 Å². The molecule has 24 heavy (non-hydrogen) atoms. The summed E-state index contributed by atoms with van der Waals surface area (Å²) in [5.41, 5.74) is 1.18. The maximum absolute atomic E-state index is 12.2. The van der Waals surface area contributed by atoms with Crippen molar-refractivity contribution in [1.82, 2.24) is 10.2 Å². The first-order valence-electron chi connectivity index (χ1n) is 9.79. The molecule has 0 saturated carbocycles. The summed E-state index contributed by atoms with van der Waals surface area (Å²) >= 11 is 0. The molecule has 1 N–H and O–H groups in total. The molecule has 4 nitrogen and oxygen atoms in total. The van der Waals surface area contributed by atoms with Gasteiger partial charge in [-0.25, -0.2) is 0 Å². The second-order valence-corrected chi connectivity index (χ2v) is 6.33. The Labute approximate surface area is 149 Å². The molecule has 0 radical (unpaired) electrons. The van der Waals surface area contributed by atoms with Crippen molar-refractivity contribution in [3.8, 4) is 0 Å². The van der Waals surface area contributed by atoms with Gasteiger partial charge in [-0.05, 0) is 45.2 Å². The maximum Gasteiger partial charge on any atom is 0.225 e. The van der Waals surface area contributed by atoms with E-state index >= 15 is 0 Å². The number of aliphatic imine (C=N–C) groups is 1. The lowest BCUT2D eigenvalue weighted by Crippen LogP contribution is -2.36. The van der Waals surface area contributed by atoms with Crippen molar-refractivity contribution in [3.63, 3.8) is 0 Å². The fourth-order valence-corrected chi connectivity index (χ4v) is 2.40. The molecule has 0 spiro atoms. The van der Waals surface area contributed by atoms with Crippen LogP contribution in [0.2, 0.25) is 0 Å². The number of nitrogens with zero attached hydrogens (tertiary/aromatic N) is 2. The van der Waals surface area contributed by atoms with Gasteiger partial charge in [0.25, 0.3) is 0 Å². The van der Waals surface area contributed by atoms with Crippen molar-refractivity contribution in [2.24, 2.45) is 10.9 Å². The lowest BCUT2D eigenvalue weighted by atomic mass is 10.1. The van der Waals surface area contributed by atoms with Gasteiger partial charge in [-0.1, -0.05) is 46.6 Å². The van der Waals surface area contributed by atoms with Crippen LogP contribution in [0.3, 0.4) is 0 Å². The molecule has 0 aliphatic carbocycles. The van der Waals surface area contributed by atoms with Crippen molar-refractivity contribution < 1.29 is 4.79 Å². The highest BCUT2D eigenvalue weighted by Gasteiger charge is 2.16. The van der Waals surface area contributed by atoms with E-state index in [9.17, 15) is 4.79 Å². The van der Waals surface area contributed by atoms with Gasteiger partial charge in [-0.3, -0.25) is 15.1 Å². The molecular weight excluding hydrogens is 298 g/mol. The van der Waals surface area contributed by atoms with Crippen LogP contribution in [-0.2, 0) is 4.79 Å². The van der Waals surface area contributed by atoms with Gasteiger partial charge < -0.3 is 4.90 Å².